The zero-order chi connectivity index (χ0) is 16.2. The normalized spacial score (nSPS) is 15.4. The van der Waals surface area contributed by atoms with E-state index in [9.17, 15) is 4.39 Å². The van der Waals surface area contributed by atoms with Crippen molar-refractivity contribution in [1.29, 1.82) is 0 Å². The molecule has 1 fully saturated rings. The summed E-state index contributed by atoms with van der Waals surface area (Å²) < 4.78 is 14.6. The van der Waals surface area contributed by atoms with Crippen LogP contribution in [0.25, 0.3) is 0 Å². The number of aromatic nitrogens is 2. The van der Waals surface area contributed by atoms with Gasteiger partial charge >= 0.3 is 0 Å². The molecule has 1 aromatic carbocycles. The third-order valence-corrected chi connectivity index (χ3v) is 4.51. The van der Waals surface area contributed by atoms with Crippen LogP contribution < -0.4 is 16.4 Å². The van der Waals surface area contributed by atoms with Crippen LogP contribution in [0.4, 0.5) is 27.4 Å². The Bertz CT molecular complexity index is 688. The molecular weight excluding hydrogens is 361 g/mol. The summed E-state index contributed by atoms with van der Waals surface area (Å²) in [4.78, 5) is 8.35. The zero-order valence-corrected chi connectivity index (χ0v) is 14.2. The Kier molecular flexibility index (Phi) is 4.95. The lowest BCUT2D eigenvalue weighted by atomic mass is 9.95. The molecule has 23 heavy (non-hydrogen) atoms. The van der Waals surface area contributed by atoms with Gasteiger partial charge in [-0.05, 0) is 31.0 Å². The van der Waals surface area contributed by atoms with E-state index in [0.717, 1.165) is 12.8 Å². The van der Waals surface area contributed by atoms with Gasteiger partial charge < -0.3 is 16.4 Å². The Labute approximate surface area is 143 Å². The van der Waals surface area contributed by atoms with Crippen molar-refractivity contribution < 1.29 is 4.39 Å². The molecule has 1 aromatic heterocycles. The number of anilines is 4. The average Bonchev–Trinajstić information content (AvgIpc) is 2.54. The predicted octanol–water partition coefficient (Wildman–Crippen LogP) is 4.45. The van der Waals surface area contributed by atoms with Gasteiger partial charge in [-0.25, -0.2) is 14.4 Å². The Morgan fingerprint density at radius 1 is 1.13 bits per heavy atom. The highest BCUT2D eigenvalue weighted by atomic mass is 79.9. The summed E-state index contributed by atoms with van der Waals surface area (Å²) in [6.07, 6.45) is 7.39. The Hall–Kier alpha value is -1.89. The van der Waals surface area contributed by atoms with Crippen LogP contribution in [0.5, 0.6) is 0 Å². The average molecular weight is 380 g/mol. The minimum Gasteiger partial charge on any atom is -0.393 e. The van der Waals surface area contributed by atoms with E-state index in [2.05, 4.69) is 36.5 Å². The summed E-state index contributed by atoms with van der Waals surface area (Å²) >= 11 is 3.23. The van der Waals surface area contributed by atoms with Crippen LogP contribution in [0.3, 0.4) is 0 Å². The smallest absolute Gasteiger partial charge is 0.159 e. The number of rotatable bonds is 4. The predicted molar refractivity (Wildman–Crippen MR) is 94.3 cm³/mol. The molecule has 0 unspecified atom stereocenters. The summed E-state index contributed by atoms with van der Waals surface area (Å²) in [6.45, 7) is 0. The summed E-state index contributed by atoms with van der Waals surface area (Å²) in [5.74, 6) is 0.630. The fourth-order valence-electron chi connectivity index (χ4n) is 2.77. The molecular formula is C16H19BrFN5. The number of hydrogen-bond acceptors (Lipinski definition) is 5. The SMILES string of the molecule is Nc1c(Nc2ccc(Br)cc2F)ncnc1NC1CCCCC1. The van der Waals surface area contributed by atoms with Gasteiger partial charge in [-0.2, -0.15) is 0 Å². The fourth-order valence-corrected chi connectivity index (χ4v) is 3.10. The zero-order valence-electron chi connectivity index (χ0n) is 12.6. The van der Waals surface area contributed by atoms with Crippen molar-refractivity contribution in [1.82, 2.24) is 9.97 Å². The Morgan fingerprint density at radius 3 is 2.61 bits per heavy atom. The van der Waals surface area contributed by atoms with Crippen LogP contribution in [0.2, 0.25) is 0 Å². The molecule has 122 valence electrons. The van der Waals surface area contributed by atoms with Crippen molar-refractivity contribution in [3.63, 3.8) is 0 Å². The second-order valence-electron chi connectivity index (χ2n) is 5.71. The Balaban J connectivity index is 1.78. The lowest BCUT2D eigenvalue weighted by molar-refractivity contribution is 0.462. The maximum absolute atomic E-state index is 13.9. The molecule has 7 heteroatoms. The van der Waals surface area contributed by atoms with E-state index in [1.54, 1.807) is 12.1 Å². The highest BCUT2D eigenvalue weighted by Gasteiger charge is 2.17. The van der Waals surface area contributed by atoms with Crippen LogP contribution >= 0.6 is 15.9 Å². The summed E-state index contributed by atoms with van der Waals surface area (Å²) in [5, 5.41) is 6.32. The van der Waals surface area contributed by atoms with E-state index in [4.69, 9.17) is 5.73 Å². The van der Waals surface area contributed by atoms with Gasteiger partial charge in [0.2, 0.25) is 0 Å². The maximum atomic E-state index is 13.9. The van der Waals surface area contributed by atoms with Gasteiger partial charge in [-0.3, -0.25) is 0 Å². The molecule has 1 saturated carbocycles. The minimum absolute atomic E-state index is 0.321. The molecule has 1 heterocycles. The van der Waals surface area contributed by atoms with Crippen LogP contribution in [-0.2, 0) is 0 Å². The van der Waals surface area contributed by atoms with Gasteiger partial charge in [0, 0.05) is 10.5 Å². The summed E-state index contributed by atoms with van der Waals surface area (Å²) in [5.41, 5.74) is 6.87. The van der Waals surface area contributed by atoms with Crippen LogP contribution in [0.15, 0.2) is 29.0 Å². The van der Waals surface area contributed by atoms with Crippen molar-refractivity contribution in [3.8, 4) is 0 Å². The number of nitrogens with one attached hydrogen (secondary N) is 2. The van der Waals surface area contributed by atoms with Gasteiger partial charge in [-0.15, -0.1) is 0 Å². The molecule has 3 rings (SSSR count). The first-order valence-electron chi connectivity index (χ1n) is 7.72. The standard InChI is InChI=1S/C16H19BrFN5/c17-10-6-7-13(12(18)8-10)23-16-14(19)15(20-9-21-16)22-11-4-2-1-3-5-11/h6-9,11H,1-5,19H2,(H2,20,21,22,23). The molecule has 0 saturated heterocycles. The highest BCUT2D eigenvalue weighted by molar-refractivity contribution is 9.10. The Morgan fingerprint density at radius 2 is 1.87 bits per heavy atom. The fraction of sp³-hybridized carbons (Fsp3) is 0.375. The molecule has 1 aliphatic carbocycles. The molecule has 0 amide bonds. The number of nitrogens with zero attached hydrogens (tertiary/aromatic N) is 2. The molecule has 0 spiro atoms. The molecule has 0 atom stereocenters. The third-order valence-electron chi connectivity index (χ3n) is 4.01. The lowest BCUT2D eigenvalue weighted by Crippen LogP contribution is -2.23. The minimum atomic E-state index is -0.376. The van der Waals surface area contributed by atoms with Gasteiger partial charge in [0.1, 0.15) is 17.8 Å². The van der Waals surface area contributed by atoms with Gasteiger partial charge in [0.25, 0.3) is 0 Å². The number of benzene rings is 1. The molecule has 2 aromatic rings. The van der Waals surface area contributed by atoms with Crippen molar-refractivity contribution in [2.45, 2.75) is 38.1 Å². The molecule has 5 nitrogen and oxygen atoms in total. The first kappa shape index (κ1) is 16.0. The van der Waals surface area contributed by atoms with E-state index in [0.29, 0.717) is 33.5 Å². The number of hydrogen-bond donors (Lipinski definition) is 3. The van der Waals surface area contributed by atoms with Gasteiger partial charge in [0.15, 0.2) is 11.6 Å². The molecule has 0 bridgehead atoms. The summed E-state index contributed by atoms with van der Waals surface area (Å²) in [7, 11) is 0. The number of nitrogens with two attached hydrogens (primary N) is 1. The third kappa shape index (κ3) is 3.90. The van der Waals surface area contributed by atoms with E-state index in [1.807, 2.05) is 0 Å². The largest absolute Gasteiger partial charge is 0.393 e. The monoisotopic (exact) mass is 379 g/mol. The van der Waals surface area contributed by atoms with Crippen molar-refractivity contribution >= 4 is 38.9 Å². The molecule has 4 N–H and O–H groups in total. The molecule has 0 aliphatic heterocycles. The first-order valence-corrected chi connectivity index (χ1v) is 8.52. The van der Waals surface area contributed by atoms with E-state index >= 15 is 0 Å². The lowest BCUT2D eigenvalue weighted by Gasteiger charge is -2.24. The second-order valence-corrected chi connectivity index (χ2v) is 6.63. The molecule has 0 radical (unpaired) electrons. The second kappa shape index (κ2) is 7.12. The number of nitrogen functional groups attached to an aromatic ring is 1. The van der Waals surface area contributed by atoms with E-state index in [-0.39, 0.29) is 5.82 Å². The van der Waals surface area contributed by atoms with Crippen molar-refractivity contribution in [3.05, 3.63) is 34.8 Å². The maximum Gasteiger partial charge on any atom is 0.159 e. The van der Waals surface area contributed by atoms with Crippen molar-refractivity contribution in [2.24, 2.45) is 0 Å². The quantitative estimate of drug-likeness (QED) is 0.731. The van der Waals surface area contributed by atoms with Crippen LogP contribution in [-0.4, -0.2) is 16.0 Å². The van der Waals surface area contributed by atoms with Crippen LogP contribution in [0.1, 0.15) is 32.1 Å². The topological polar surface area (TPSA) is 75.9 Å². The van der Waals surface area contributed by atoms with Crippen LogP contribution in [0, 0.1) is 5.82 Å². The van der Waals surface area contributed by atoms with Gasteiger partial charge in [-0.1, -0.05) is 35.2 Å². The first-order chi connectivity index (χ1) is 11.1. The number of halogens is 2. The molecule has 1 aliphatic rings. The van der Waals surface area contributed by atoms with E-state index < -0.39 is 0 Å². The summed E-state index contributed by atoms with van der Waals surface area (Å²) in [6, 6.07) is 5.17. The van der Waals surface area contributed by atoms with E-state index in [1.165, 1.54) is 31.7 Å². The van der Waals surface area contributed by atoms with Crippen molar-refractivity contribution in [2.75, 3.05) is 16.4 Å². The highest BCUT2D eigenvalue weighted by Crippen LogP contribution is 2.30. The van der Waals surface area contributed by atoms with Gasteiger partial charge in [0.05, 0.1) is 5.69 Å².